The Morgan fingerprint density at radius 2 is 1.69 bits per heavy atom. The maximum absolute atomic E-state index is 13.4. The Hall–Kier alpha value is -3.70. The van der Waals surface area contributed by atoms with Crippen molar-refractivity contribution in [3.05, 3.63) is 88.4 Å². The molecule has 0 aromatic heterocycles. The van der Waals surface area contributed by atoms with Gasteiger partial charge in [-0.25, -0.2) is 18.6 Å². The minimum Gasteiger partial charge on any atom is -0.482 e. The maximum Gasteiger partial charge on any atom is 0.344 e. The van der Waals surface area contributed by atoms with E-state index in [1.807, 2.05) is 6.92 Å². The maximum atomic E-state index is 13.4. The Bertz CT molecular complexity index is 1430. The van der Waals surface area contributed by atoms with E-state index in [-0.39, 0.29) is 11.5 Å². The van der Waals surface area contributed by atoms with Gasteiger partial charge in [0, 0.05) is 4.47 Å². The second-order valence-corrected chi connectivity index (χ2v) is 12.3. The average Bonchev–Trinajstić information content (AvgIpc) is 2.86. The van der Waals surface area contributed by atoms with Crippen molar-refractivity contribution in [2.75, 3.05) is 17.5 Å². The van der Waals surface area contributed by atoms with Crippen LogP contribution in [0.2, 0.25) is 0 Å². The van der Waals surface area contributed by atoms with E-state index in [0.29, 0.717) is 21.5 Å². The number of rotatable bonds is 10. The number of sulfonamides is 1. The van der Waals surface area contributed by atoms with Crippen LogP contribution in [0.25, 0.3) is 0 Å². The number of esters is 1. The first-order valence-electron chi connectivity index (χ1n) is 11.9. The molecule has 0 spiro atoms. The topological polar surface area (TPSA) is 114 Å². The summed E-state index contributed by atoms with van der Waals surface area (Å²) in [7, 11) is -4.03. The second kappa shape index (κ2) is 12.9. The Kier molecular flexibility index (Phi) is 9.87. The number of nitrogens with zero attached hydrogens (tertiary/aromatic N) is 2. The summed E-state index contributed by atoms with van der Waals surface area (Å²) in [6.07, 6.45) is 1.41. The van der Waals surface area contributed by atoms with E-state index in [4.69, 9.17) is 9.47 Å². The molecule has 0 saturated heterocycles. The van der Waals surface area contributed by atoms with Gasteiger partial charge >= 0.3 is 5.97 Å². The first-order valence-corrected chi connectivity index (χ1v) is 14.2. The number of hydrogen-bond acceptors (Lipinski definition) is 7. The van der Waals surface area contributed by atoms with Gasteiger partial charge < -0.3 is 9.47 Å². The third-order valence-electron chi connectivity index (χ3n) is 5.05. The molecule has 0 atom stereocenters. The molecule has 0 aliphatic heterocycles. The number of amides is 1. The normalized spacial score (nSPS) is 11.7. The number of aryl methyl sites for hydroxylation is 1. The number of ether oxygens (including phenoxy) is 2. The molecule has 3 aromatic rings. The summed E-state index contributed by atoms with van der Waals surface area (Å²) < 4.78 is 39.2. The van der Waals surface area contributed by atoms with Crippen molar-refractivity contribution in [1.29, 1.82) is 0 Å². The standard InChI is InChI=1S/C28H30BrN3O6S/c1-20-8-14-25(15-9-20)39(35,36)32(23-7-5-6-22(29)16-23)18-26(33)31-30-17-21-10-12-24(13-11-21)37-19-27(34)38-28(2,3)4/h5-17H,18-19H2,1-4H3,(H,31,33)/b30-17-. The SMILES string of the molecule is Cc1ccc(S(=O)(=O)N(CC(=O)N/N=C\c2ccc(OCC(=O)OC(C)(C)C)cc2)c2cccc(Br)c2)cc1. The molecule has 11 heteroatoms. The number of hydrogen-bond donors (Lipinski definition) is 1. The van der Waals surface area contributed by atoms with E-state index in [2.05, 4.69) is 26.5 Å². The fraction of sp³-hybridized carbons (Fsp3) is 0.250. The van der Waals surface area contributed by atoms with Crippen molar-refractivity contribution in [2.24, 2.45) is 5.10 Å². The van der Waals surface area contributed by atoms with Crippen LogP contribution >= 0.6 is 15.9 Å². The molecule has 39 heavy (non-hydrogen) atoms. The van der Waals surface area contributed by atoms with Crippen molar-refractivity contribution in [2.45, 2.75) is 38.2 Å². The molecule has 206 valence electrons. The van der Waals surface area contributed by atoms with E-state index in [9.17, 15) is 18.0 Å². The van der Waals surface area contributed by atoms with Gasteiger partial charge in [-0.15, -0.1) is 0 Å². The molecule has 1 amide bonds. The van der Waals surface area contributed by atoms with Crippen LogP contribution in [0.3, 0.4) is 0 Å². The number of carbonyl (C=O) groups excluding carboxylic acids is 2. The number of anilines is 1. The molecule has 0 aliphatic rings. The zero-order valence-electron chi connectivity index (χ0n) is 22.0. The summed E-state index contributed by atoms with van der Waals surface area (Å²) in [5.74, 6) is -0.635. The largest absolute Gasteiger partial charge is 0.482 e. The Balaban J connectivity index is 1.65. The first kappa shape index (κ1) is 29.9. The molecule has 3 rings (SSSR count). The summed E-state index contributed by atoms with van der Waals surface area (Å²) in [6, 6.07) is 19.8. The molecule has 0 fully saturated rings. The summed E-state index contributed by atoms with van der Waals surface area (Å²) in [4.78, 5) is 24.6. The molecule has 3 aromatic carbocycles. The molecule has 1 N–H and O–H groups in total. The molecule has 0 heterocycles. The van der Waals surface area contributed by atoms with Crippen LogP contribution < -0.4 is 14.5 Å². The van der Waals surface area contributed by atoms with Gasteiger partial charge in [0.15, 0.2) is 6.61 Å². The quantitative estimate of drug-likeness (QED) is 0.199. The van der Waals surface area contributed by atoms with Crippen molar-refractivity contribution in [3.63, 3.8) is 0 Å². The fourth-order valence-electron chi connectivity index (χ4n) is 3.29. The number of benzene rings is 3. The summed E-state index contributed by atoms with van der Waals surface area (Å²) in [5.41, 5.74) is 3.67. The van der Waals surface area contributed by atoms with Gasteiger partial charge in [0.05, 0.1) is 16.8 Å². The molecule has 0 aliphatic carbocycles. The van der Waals surface area contributed by atoms with Gasteiger partial charge in [-0.2, -0.15) is 5.10 Å². The van der Waals surface area contributed by atoms with Gasteiger partial charge in [0.2, 0.25) is 0 Å². The zero-order chi connectivity index (χ0) is 28.6. The molecule has 9 nitrogen and oxygen atoms in total. The molecule has 0 radical (unpaired) electrons. The third-order valence-corrected chi connectivity index (χ3v) is 7.33. The Labute approximate surface area is 237 Å². The van der Waals surface area contributed by atoms with Crippen LogP contribution in [0.15, 0.2) is 87.3 Å². The van der Waals surface area contributed by atoms with Crippen LogP contribution in [0.5, 0.6) is 5.75 Å². The van der Waals surface area contributed by atoms with Gasteiger partial charge in [0.1, 0.15) is 17.9 Å². The lowest BCUT2D eigenvalue weighted by Gasteiger charge is -2.24. The molecular formula is C28H30BrN3O6S. The molecule has 0 unspecified atom stereocenters. The first-order chi connectivity index (χ1) is 18.3. The van der Waals surface area contributed by atoms with Crippen LogP contribution in [0.1, 0.15) is 31.9 Å². The predicted octanol–water partition coefficient (Wildman–Crippen LogP) is 4.82. The van der Waals surface area contributed by atoms with E-state index in [1.165, 1.54) is 18.3 Å². The van der Waals surface area contributed by atoms with Gasteiger partial charge in [-0.3, -0.25) is 9.10 Å². The second-order valence-electron chi connectivity index (χ2n) is 9.54. The molecular weight excluding hydrogens is 586 g/mol. The van der Waals surface area contributed by atoms with Gasteiger partial charge in [0.25, 0.3) is 15.9 Å². The average molecular weight is 617 g/mol. The van der Waals surface area contributed by atoms with Crippen LogP contribution in [0.4, 0.5) is 5.69 Å². The van der Waals surface area contributed by atoms with E-state index < -0.39 is 34.0 Å². The lowest BCUT2D eigenvalue weighted by atomic mass is 10.2. The van der Waals surface area contributed by atoms with E-state index in [1.54, 1.807) is 81.4 Å². The van der Waals surface area contributed by atoms with Crippen LogP contribution in [-0.2, 0) is 24.3 Å². The van der Waals surface area contributed by atoms with Crippen molar-refractivity contribution in [3.8, 4) is 5.75 Å². The minimum atomic E-state index is -4.03. The fourth-order valence-corrected chi connectivity index (χ4v) is 5.09. The highest BCUT2D eigenvalue weighted by atomic mass is 79.9. The highest BCUT2D eigenvalue weighted by Gasteiger charge is 2.27. The van der Waals surface area contributed by atoms with Crippen molar-refractivity contribution < 1.29 is 27.5 Å². The predicted molar refractivity (Wildman–Crippen MR) is 153 cm³/mol. The Morgan fingerprint density at radius 3 is 2.31 bits per heavy atom. The van der Waals surface area contributed by atoms with Crippen molar-refractivity contribution in [1.82, 2.24) is 5.43 Å². The van der Waals surface area contributed by atoms with E-state index in [0.717, 1.165) is 9.87 Å². The highest BCUT2D eigenvalue weighted by Crippen LogP contribution is 2.26. The van der Waals surface area contributed by atoms with Crippen LogP contribution in [-0.4, -0.2) is 45.3 Å². The number of hydrazone groups is 1. The number of carbonyl (C=O) groups is 2. The summed E-state index contributed by atoms with van der Waals surface area (Å²) in [5, 5.41) is 3.95. The van der Waals surface area contributed by atoms with Gasteiger partial charge in [-0.1, -0.05) is 39.7 Å². The molecule has 0 saturated carbocycles. The Morgan fingerprint density at radius 1 is 1.03 bits per heavy atom. The lowest BCUT2D eigenvalue weighted by molar-refractivity contribution is -0.157. The highest BCUT2D eigenvalue weighted by molar-refractivity contribution is 9.10. The monoisotopic (exact) mass is 615 g/mol. The smallest absolute Gasteiger partial charge is 0.344 e. The minimum absolute atomic E-state index is 0.0679. The summed E-state index contributed by atoms with van der Waals surface area (Å²) in [6.45, 7) is 6.48. The van der Waals surface area contributed by atoms with E-state index >= 15 is 0 Å². The van der Waals surface area contributed by atoms with Gasteiger partial charge in [-0.05, 0) is 87.9 Å². The third kappa shape index (κ3) is 9.22. The lowest BCUT2D eigenvalue weighted by Crippen LogP contribution is -2.39. The van der Waals surface area contributed by atoms with Crippen LogP contribution in [0, 0.1) is 6.92 Å². The zero-order valence-corrected chi connectivity index (χ0v) is 24.5. The number of nitrogens with one attached hydrogen (secondary N) is 1. The molecule has 0 bridgehead atoms. The number of halogens is 1. The summed E-state index contributed by atoms with van der Waals surface area (Å²) >= 11 is 3.35. The van der Waals surface area contributed by atoms with Crippen molar-refractivity contribution >= 4 is 49.7 Å².